The SMILES string of the molecule is COc1ccc(C=CCCCCOc2ccc(C#Cc3ccc(C(=O)O)cc3)nc2CCC(=O)O)cc1. The summed E-state index contributed by atoms with van der Waals surface area (Å²) in [6.07, 6.45) is 7.10. The molecule has 3 rings (SSSR count). The Morgan fingerprint density at radius 2 is 1.70 bits per heavy atom. The molecule has 0 radical (unpaired) electrons. The molecular formula is C30H29NO6. The Balaban J connectivity index is 1.54. The van der Waals surface area contributed by atoms with Crippen molar-refractivity contribution in [3.8, 4) is 23.3 Å². The molecule has 0 atom stereocenters. The van der Waals surface area contributed by atoms with Crippen molar-refractivity contribution in [2.24, 2.45) is 0 Å². The van der Waals surface area contributed by atoms with Crippen LogP contribution in [0.25, 0.3) is 6.08 Å². The van der Waals surface area contributed by atoms with E-state index in [0.29, 0.717) is 29.3 Å². The number of carbonyl (C=O) groups is 2. The molecule has 190 valence electrons. The van der Waals surface area contributed by atoms with Gasteiger partial charge in [-0.1, -0.05) is 30.2 Å². The maximum Gasteiger partial charge on any atom is 0.335 e. The molecule has 0 bridgehead atoms. The normalized spacial score (nSPS) is 10.5. The number of aliphatic carboxylic acids is 1. The summed E-state index contributed by atoms with van der Waals surface area (Å²) in [5.74, 6) is 5.39. The highest BCUT2D eigenvalue weighted by Crippen LogP contribution is 2.20. The zero-order valence-electron chi connectivity index (χ0n) is 20.6. The lowest BCUT2D eigenvalue weighted by Crippen LogP contribution is -2.05. The standard InChI is InChI=1S/C30H29NO6/c1-36-26-16-10-22(11-17-26)6-4-2-3-5-21-37-28-19-15-25(31-27(28)18-20-29(32)33)14-9-23-7-12-24(13-8-23)30(34)35/h4,6-8,10-13,15-17,19H,2-3,5,18,20-21H2,1H3,(H,32,33)(H,34,35). The van der Waals surface area contributed by atoms with Gasteiger partial charge in [-0.05, 0) is 79.3 Å². The summed E-state index contributed by atoms with van der Waals surface area (Å²) in [4.78, 5) is 26.6. The van der Waals surface area contributed by atoms with Crippen LogP contribution in [0.4, 0.5) is 0 Å². The van der Waals surface area contributed by atoms with Crippen molar-refractivity contribution in [3.63, 3.8) is 0 Å². The highest BCUT2D eigenvalue weighted by molar-refractivity contribution is 5.87. The van der Waals surface area contributed by atoms with Crippen LogP contribution in [0, 0.1) is 11.8 Å². The predicted molar refractivity (Wildman–Crippen MR) is 141 cm³/mol. The first-order valence-electron chi connectivity index (χ1n) is 11.9. The van der Waals surface area contributed by atoms with Crippen molar-refractivity contribution in [1.82, 2.24) is 4.98 Å². The van der Waals surface area contributed by atoms with Gasteiger partial charge in [0.25, 0.3) is 0 Å². The third kappa shape index (κ3) is 9.19. The molecule has 0 unspecified atom stereocenters. The fraction of sp³-hybridized carbons (Fsp3) is 0.233. The molecule has 0 aliphatic heterocycles. The molecule has 0 saturated carbocycles. The van der Waals surface area contributed by atoms with Crippen LogP contribution in [0.2, 0.25) is 0 Å². The Kier molecular flexibility index (Phi) is 10.3. The molecule has 0 fully saturated rings. The van der Waals surface area contributed by atoms with E-state index in [1.54, 1.807) is 31.4 Å². The van der Waals surface area contributed by atoms with Crippen LogP contribution in [-0.4, -0.2) is 40.9 Å². The van der Waals surface area contributed by atoms with Crippen molar-refractivity contribution in [3.05, 3.63) is 94.8 Å². The number of hydrogen-bond donors (Lipinski definition) is 2. The summed E-state index contributed by atoms with van der Waals surface area (Å²) >= 11 is 0. The predicted octanol–water partition coefficient (Wildman–Crippen LogP) is 5.47. The Morgan fingerprint density at radius 1 is 0.946 bits per heavy atom. The van der Waals surface area contributed by atoms with E-state index in [9.17, 15) is 9.59 Å². The number of methoxy groups -OCH3 is 1. The summed E-state index contributed by atoms with van der Waals surface area (Å²) in [5.41, 5.74) is 3.00. The minimum atomic E-state index is -0.995. The van der Waals surface area contributed by atoms with Crippen LogP contribution < -0.4 is 9.47 Å². The van der Waals surface area contributed by atoms with Gasteiger partial charge in [0.15, 0.2) is 0 Å². The first-order chi connectivity index (χ1) is 17.9. The number of carboxylic acid groups (broad SMARTS) is 2. The number of aryl methyl sites for hydroxylation is 1. The minimum Gasteiger partial charge on any atom is -0.497 e. The largest absolute Gasteiger partial charge is 0.497 e. The van der Waals surface area contributed by atoms with Gasteiger partial charge < -0.3 is 19.7 Å². The van der Waals surface area contributed by atoms with Gasteiger partial charge in [0.2, 0.25) is 0 Å². The fourth-order valence-corrected chi connectivity index (χ4v) is 3.41. The zero-order valence-corrected chi connectivity index (χ0v) is 20.6. The molecule has 2 aromatic carbocycles. The summed E-state index contributed by atoms with van der Waals surface area (Å²) < 4.78 is 11.1. The van der Waals surface area contributed by atoms with Gasteiger partial charge >= 0.3 is 11.9 Å². The number of allylic oxidation sites excluding steroid dienone is 1. The maximum absolute atomic E-state index is 11.1. The topological polar surface area (TPSA) is 106 Å². The number of rotatable bonds is 12. The Labute approximate surface area is 216 Å². The second kappa shape index (κ2) is 14.1. The van der Waals surface area contributed by atoms with E-state index in [2.05, 4.69) is 29.0 Å². The number of pyridine rings is 1. The van der Waals surface area contributed by atoms with Gasteiger partial charge in [-0.3, -0.25) is 4.79 Å². The van der Waals surface area contributed by atoms with Crippen LogP contribution in [0.5, 0.6) is 11.5 Å². The molecule has 37 heavy (non-hydrogen) atoms. The zero-order chi connectivity index (χ0) is 26.5. The number of carboxylic acids is 2. The number of benzene rings is 2. The van der Waals surface area contributed by atoms with E-state index in [-0.39, 0.29) is 18.4 Å². The van der Waals surface area contributed by atoms with E-state index in [1.807, 2.05) is 24.3 Å². The van der Waals surface area contributed by atoms with Gasteiger partial charge in [0, 0.05) is 12.0 Å². The lowest BCUT2D eigenvalue weighted by atomic mass is 10.1. The number of hydrogen-bond acceptors (Lipinski definition) is 5. The number of nitrogens with zero attached hydrogens (tertiary/aromatic N) is 1. The van der Waals surface area contributed by atoms with E-state index in [0.717, 1.165) is 30.6 Å². The lowest BCUT2D eigenvalue weighted by molar-refractivity contribution is -0.136. The van der Waals surface area contributed by atoms with Crippen molar-refractivity contribution in [1.29, 1.82) is 0 Å². The van der Waals surface area contributed by atoms with E-state index in [4.69, 9.17) is 19.7 Å². The van der Waals surface area contributed by atoms with Gasteiger partial charge in [0.05, 0.1) is 31.4 Å². The highest BCUT2D eigenvalue weighted by Gasteiger charge is 2.09. The lowest BCUT2D eigenvalue weighted by Gasteiger charge is -2.10. The summed E-state index contributed by atoms with van der Waals surface area (Å²) in [6, 6.07) is 17.6. The molecule has 1 heterocycles. The molecule has 0 spiro atoms. The van der Waals surface area contributed by atoms with Gasteiger partial charge in [0.1, 0.15) is 17.2 Å². The summed E-state index contributed by atoms with van der Waals surface area (Å²) in [5, 5.41) is 18.1. The van der Waals surface area contributed by atoms with E-state index >= 15 is 0 Å². The van der Waals surface area contributed by atoms with Crippen molar-refractivity contribution < 1.29 is 29.3 Å². The molecule has 1 aromatic heterocycles. The molecule has 2 N–H and O–H groups in total. The minimum absolute atomic E-state index is 0.0625. The van der Waals surface area contributed by atoms with E-state index in [1.165, 1.54) is 12.1 Å². The smallest absolute Gasteiger partial charge is 0.335 e. The molecule has 7 nitrogen and oxygen atoms in total. The quantitative estimate of drug-likeness (QED) is 0.251. The van der Waals surface area contributed by atoms with Gasteiger partial charge in [-0.2, -0.15) is 0 Å². The number of aromatic nitrogens is 1. The van der Waals surface area contributed by atoms with Crippen molar-refractivity contribution >= 4 is 18.0 Å². The van der Waals surface area contributed by atoms with Crippen LogP contribution in [0.15, 0.2) is 66.7 Å². The third-order valence-corrected chi connectivity index (χ3v) is 5.42. The van der Waals surface area contributed by atoms with Gasteiger partial charge in [-0.15, -0.1) is 0 Å². The number of ether oxygens (including phenoxy) is 2. The number of unbranched alkanes of at least 4 members (excludes halogenated alkanes) is 2. The highest BCUT2D eigenvalue weighted by atomic mass is 16.5. The molecule has 7 heteroatoms. The summed E-state index contributed by atoms with van der Waals surface area (Å²) in [6.45, 7) is 0.499. The molecule has 0 aliphatic carbocycles. The van der Waals surface area contributed by atoms with Crippen LogP contribution in [0.1, 0.15) is 58.6 Å². The average molecular weight is 500 g/mol. The Hall–Kier alpha value is -4.57. The molecule has 0 amide bonds. The number of aromatic carboxylic acids is 1. The molecule has 3 aromatic rings. The average Bonchev–Trinajstić information content (AvgIpc) is 2.91. The van der Waals surface area contributed by atoms with E-state index < -0.39 is 11.9 Å². The maximum atomic E-state index is 11.1. The second-order valence-corrected chi connectivity index (χ2v) is 8.19. The van der Waals surface area contributed by atoms with Crippen molar-refractivity contribution in [2.45, 2.75) is 32.1 Å². The van der Waals surface area contributed by atoms with Crippen LogP contribution in [0.3, 0.4) is 0 Å². The second-order valence-electron chi connectivity index (χ2n) is 8.19. The molecule has 0 aliphatic rings. The van der Waals surface area contributed by atoms with Crippen molar-refractivity contribution in [2.75, 3.05) is 13.7 Å². The Bertz CT molecular complexity index is 1280. The molecule has 0 saturated heterocycles. The third-order valence-electron chi connectivity index (χ3n) is 5.42. The fourth-order valence-electron chi connectivity index (χ4n) is 3.41. The first-order valence-corrected chi connectivity index (χ1v) is 11.9. The van der Waals surface area contributed by atoms with Crippen LogP contribution in [-0.2, 0) is 11.2 Å². The van der Waals surface area contributed by atoms with Gasteiger partial charge in [-0.25, -0.2) is 9.78 Å². The summed E-state index contributed by atoms with van der Waals surface area (Å²) in [7, 11) is 1.65. The first kappa shape index (κ1) is 27.0. The Morgan fingerprint density at radius 3 is 2.38 bits per heavy atom. The van der Waals surface area contributed by atoms with Crippen LogP contribution >= 0.6 is 0 Å². The molecular weight excluding hydrogens is 470 g/mol. The monoisotopic (exact) mass is 499 g/mol.